The summed E-state index contributed by atoms with van der Waals surface area (Å²) in [6, 6.07) is 1.49. The molecule has 1 rings (SSSR count). The summed E-state index contributed by atoms with van der Waals surface area (Å²) < 4.78 is 0. The zero-order valence-corrected chi connectivity index (χ0v) is 11.6. The number of carboxylic acids is 1. The van der Waals surface area contributed by atoms with Gasteiger partial charge in [0.25, 0.3) is 5.91 Å². The van der Waals surface area contributed by atoms with Crippen LogP contribution in [-0.2, 0) is 9.59 Å². The molecule has 0 unspecified atom stereocenters. The standard InChI is InChI=1S/C11H11Cl2N3O4/c12-5-1-3-7(13)16-9(5)10(18)15-6(11(19)20)2-4-8(14)17/h1,3,6H,2,4H2,(H2,14,17)(H,15,18)(H,19,20)/t6-/m1/s1. The van der Waals surface area contributed by atoms with Crippen LogP contribution in [-0.4, -0.2) is 33.9 Å². The van der Waals surface area contributed by atoms with E-state index in [1.807, 2.05) is 0 Å². The van der Waals surface area contributed by atoms with Gasteiger partial charge in [0, 0.05) is 6.42 Å². The monoisotopic (exact) mass is 319 g/mol. The molecule has 0 aromatic carbocycles. The van der Waals surface area contributed by atoms with Crippen molar-refractivity contribution in [1.82, 2.24) is 10.3 Å². The molecule has 9 heteroatoms. The van der Waals surface area contributed by atoms with Crippen molar-refractivity contribution < 1.29 is 19.5 Å². The molecule has 20 heavy (non-hydrogen) atoms. The summed E-state index contributed by atoms with van der Waals surface area (Å²) in [5, 5.41) is 11.2. The fourth-order valence-corrected chi connectivity index (χ4v) is 1.69. The van der Waals surface area contributed by atoms with Crippen molar-refractivity contribution in [2.75, 3.05) is 0 Å². The topological polar surface area (TPSA) is 122 Å². The normalized spacial score (nSPS) is 11.7. The zero-order valence-electron chi connectivity index (χ0n) is 10.1. The van der Waals surface area contributed by atoms with E-state index < -0.39 is 23.8 Å². The van der Waals surface area contributed by atoms with E-state index in [1.165, 1.54) is 12.1 Å². The maximum atomic E-state index is 11.9. The number of carbonyl (C=O) groups is 3. The molecule has 0 aliphatic rings. The van der Waals surface area contributed by atoms with Gasteiger partial charge in [-0.15, -0.1) is 0 Å². The Morgan fingerprint density at radius 2 is 2.00 bits per heavy atom. The maximum Gasteiger partial charge on any atom is 0.326 e. The summed E-state index contributed by atoms with van der Waals surface area (Å²) in [5.41, 5.74) is 4.74. The lowest BCUT2D eigenvalue weighted by molar-refractivity contribution is -0.139. The quantitative estimate of drug-likeness (QED) is 0.670. The maximum absolute atomic E-state index is 11.9. The lowest BCUT2D eigenvalue weighted by atomic mass is 10.1. The number of pyridine rings is 1. The largest absolute Gasteiger partial charge is 0.480 e. The SMILES string of the molecule is NC(=O)CC[C@@H](NC(=O)c1nc(Cl)ccc1Cl)C(=O)O. The number of aromatic nitrogens is 1. The highest BCUT2D eigenvalue weighted by molar-refractivity contribution is 6.34. The van der Waals surface area contributed by atoms with Crippen LogP contribution in [0.5, 0.6) is 0 Å². The first-order valence-corrected chi connectivity index (χ1v) is 6.21. The second-order valence-corrected chi connectivity index (χ2v) is 4.63. The zero-order chi connectivity index (χ0) is 15.3. The van der Waals surface area contributed by atoms with Crippen molar-refractivity contribution in [2.24, 2.45) is 5.73 Å². The molecule has 0 spiro atoms. The lowest BCUT2D eigenvalue weighted by Crippen LogP contribution is -2.41. The molecule has 0 fully saturated rings. The average Bonchev–Trinajstić information content (AvgIpc) is 2.36. The number of amides is 2. The van der Waals surface area contributed by atoms with Crippen LogP contribution < -0.4 is 11.1 Å². The Kier molecular flexibility index (Phi) is 5.72. The Morgan fingerprint density at radius 1 is 1.35 bits per heavy atom. The number of hydrogen-bond donors (Lipinski definition) is 3. The minimum absolute atomic E-state index is 0.0333. The Balaban J connectivity index is 2.82. The van der Waals surface area contributed by atoms with Crippen LogP contribution in [0.4, 0.5) is 0 Å². The van der Waals surface area contributed by atoms with Crippen molar-refractivity contribution in [2.45, 2.75) is 18.9 Å². The molecule has 0 saturated carbocycles. The number of halogens is 2. The first-order valence-electron chi connectivity index (χ1n) is 5.45. The molecular formula is C11H11Cl2N3O4. The highest BCUT2D eigenvalue weighted by Gasteiger charge is 2.23. The molecule has 0 aliphatic carbocycles. The van der Waals surface area contributed by atoms with Crippen LogP contribution in [0.1, 0.15) is 23.3 Å². The van der Waals surface area contributed by atoms with Gasteiger partial charge in [0.05, 0.1) is 5.02 Å². The fourth-order valence-electron chi connectivity index (χ4n) is 1.35. The summed E-state index contributed by atoms with van der Waals surface area (Å²) in [4.78, 5) is 37.2. The van der Waals surface area contributed by atoms with Gasteiger partial charge in [-0.1, -0.05) is 23.2 Å². The number of aliphatic carboxylic acids is 1. The van der Waals surface area contributed by atoms with Crippen molar-refractivity contribution >= 4 is 41.0 Å². The number of carboxylic acid groups (broad SMARTS) is 1. The molecule has 1 atom stereocenters. The van der Waals surface area contributed by atoms with Crippen LogP contribution in [0.2, 0.25) is 10.2 Å². The van der Waals surface area contributed by atoms with E-state index in [9.17, 15) is 14.4 Å². The molecule has 0 saturated heterocycles. The third-order valence-electron chi connectivity index (χ3n) is 2.31. The van der Waals surface area contributed by atoms with Gasteiger partial charge in [0.1, 0.15) is 16.9 Å². The number of carbonyl (C=O) groups excluding carboxylic acids is 2. The summed E-state index contributed by atoms with van der Waals surface area (Å²) in [7, 11) is 0. The summed E-state index contributed by atoms with van der Waals surface area (Å²) in [5.74, 6) is -2.75. The Hall–Kier alpha value is -1.86. The molecule has 0 radical (unpaired) electrons. The molecule has 1 heterocycles. The van der Waals surface area contributed by atoms with Crippen LogP contribution in [0.3, 0.4) is 0 Å². The Bertz CT molecular complexity index is 550. The van der Waals surface area contributed by atoms with Crippen molar-refractivity contribution in [1.29, 1.82) is 0 Å². The van der Waals surface area contributed by atoms with Crippen molar-refractivity contribution in [3.63, 3.8) is 0 Å². The second-order valence-electron chi connectivity index (χ2n) is 3.83. The first kappa shape index (κ1) is 16.2. The third-order valence-corrected chi connectivity index (χ3v) is 2.83. The number of hydrogen-bond acceptors (Lipinski definition) is 4. The van der Waals surface area contributed by atoms with Crippen LogP contribution in [0.15, 0.2) is 12.1 Å². The Labute approximate surface area is 124 Å². The smallest absolute Gasteiger partial charge is 0.326 e. The van der Waals surface area contributed by atoms with Gasteiger partial charge in [-0.3, -0.25) is 9.59 Å². The summed E-state index contributed by atoms with van der Waals surface area (Å²) >= 11 is 11.4. The van der Waals surface area contributed by atoms with Gasteiger partial charge in [0.2, 0.25) is 5.91 Å². The average molecular weight is 320 g/mol. The van der Waals surface area contributed by atoms with E-state index in [1.54, 1.807) is 0 Å². The van der Waals surface area contributed by atoms with Gasteiger partial charge in [-0.2, -0.15) is 0 Å². The van der Waals surface area contributed by atoms with Gasteiger partial charge in [-0.25, -0.2) is 9.78 Å². The van der Waals surface area contributed by atoms with Gasteiger partial charge in [-0.05, 0) is 18.6 Å². The van der Waals surface area contributed by atoms with Gasteiger partial charge >= 0.3 is 5.97 Å². The predicted molar refractivity (Wildman–Crippen MR) is 71.6 cm³/mol. The van der Waals surface area contributed by atoms with Crippen molar-refractivity contribution in [3.8, 4) is 0 Å². The van der Waals surface area contributed by atoms with E-state index in [2.05, 4.69) is 10.3 Å². The van der Waals surface area contributed by atoms with Gasteiger partial charge < -0.3 is 16.2 Å². The molecule has 4 N–H and O–H groups in total. The predicted octanol–water partition coefficient (Wildman–Crippen LogP) is 0.837. The van der Waals surface area contributed by atoms with Crippen LogP contribution in [0.25, 0.3) is 0 Å². The highest BCUT2D eigenvalue weighted by Crippen LogP contribution is 2.17. The molecule has 1 aromatic heterocycles. The molecule has 1 aromatic rings. The Morgan fingerprint density at radius 3 is 2.55 bits per heavy atom. The minimum Gasteiger partial charge on any atom is -0.480 e. The minimum atomic E-state index is -1.29. The number of nitrogens with two attached hydrogens (primary N) is 1. The molecule has 108 valence electrons. The lowest BCUT2D eigenvalue weighted by Gasteiger charge is -2.13. The van der Waals surface area contributed by atoms with E-state index in [-0.39, 0.29) is 28.7 Å². The highest BCUT2D eigenvalue weighted by atomic mass is 35.5. The van der Waals surface area contributed by atoms with Crippen molar-refractivity contribution in [3.05, 3.63) is 28.0 Å². The van der Waals surface area contributed by atoms with E-state index in [0.29, 0.717) is 0 Å². The summed E-state index contributed by atoms with van der Waals surface area (Å²) in [6.07, 6.45) is -0.303. The van der Waals surface area contributed by atoms with E-state index in [4.69, 9.17) is 34.0 Å². The number of rotatable bonds is 6. The molecule has 0 bridgehead atoms. The van der Waals surface area contributed by atoms with Crippen LogP contribution >= 0.6 is 23.2 Å². The van der Waals surface area contributed by atoms with E-state index >= 15 is 0 Å². The number of nitrogens with zero attached hydrogens (tertiary/aromatic N) is 1. The second kappa shape index (κ2) is 7.06. The van der Waals surface area contributed by atoms with Crippen LogP contribution in [0, 0.1) is 0 Å². The number of nitrogens with one attached hydrogen (secondary N) is 1. The fraction of sp³-hybridized carbons (Fsp3) is 0.273. The number of primary amides is 1. The third kappa shape index (κ3) is 4.67. The molecule has 2 amide bonds. The summed E-state index contributed by atoms with van der Waals surface area (Å²) in [6.45, 7) is 0. The molecule has 7 nitrogen and oxygen atoms in total. The molecule has 0 aliphatic heterocycles. The molecular weight excluding hydrogens is 309 g/mol. The van der Waals surface area contributed by atoms with Gasteiger partial charge in [0.15, 0.2) is 0 Å². The first-order chi connectivity index (χ1) is 9.31. The van der Waals surface area contributed by atoms with E-state index in [0.717, 1.165) is 0 Å².